The lowest BCUT2D eigenvalue weighted by Crippen LogP contribution is -2.35. The number of nitrogens with one attached hydrogen (secondary N) is 1. The molecule has 2 aliphatic heterocycles. The van der Waals surface area contributed by atoms with Gasteiger partial charge in [-0.3, -0.25) is 4.79 Å². The van der Waals surface area contributed by atoms with Crippen molar-refractivity contribution >= 4 is 28.9 Å². The standard InChI is InChI=1S/C15H19ClN2O3/c1-21-8-9-2-4-18(5-3-9)13-7-12-10(6-11(13)16)14(19)15(20)17-12/h6-7,9,14,19H,2-5,8H2,1H3,(H,17,20). The summed E-state index contributed by atoms with van der Waals surface area (Å²) in [5, 5.41) is 13.0. The van der Waals surface area contributed by atoms with Crippen molar-refractivity contribution in [2.45, 2.75) is 18.9 Å². The zero-order valence-electron chi connectivity index (χ0n) is 11.9. The molecule has 1 saturated heterocycles. The number of carbonyl (C=O) groups excluding carboxylic acids is 1. The molecule has 1 unspecified atom stereocenters. The van der Waals surface area contributed by atoms with E-state index in [9.17, 15) is 9.90 Å². The van der Waals surface area contributed by atoms with Crippen LogP contribution in [0.15, 0.2) is 12.1 Å². The molecule has 1 aromatic carbocycles. The summed E-state index contributed by atoms with van der Waals surface area (Å²) in [6, 6.07) is 3.55. The first-order valence-corrected chi connectivity index (χ1v) is 7.54. The fourth-order valence-corrected chi connectivity index (χ4v) is 3.36. The van der Waals surface area contributed by atoms with Crippen LogP contribution in [0, 0.1) is 5.92 Å². The maximum Gasteiger partial charge on any atom is 0.257 e. The summed E-state index contributed by atoms with van der Waals surface area (Å²) in [6.45, 7) is 2.64. The molecule has 0 saturated carbocycles. The van der Waals surface area contributed by atoms with E-state index in [4.69, 9.17) is 16.3 Å². The van der Waals surface area contributed by atoms with Crippen molar-refractivity contribution in [2.75, 3.05) is 37.0 Å². The molecule has 3 rings (SSSR count). The summed E-state index contributed by atoms with van der Waals surface area (Å²) in [4.78, 5) is 13.7. The van der Waals surface area contributed by atoms with Gasteiger partial charge >= 0.3 is 0 Å². The Bertz CT molecular complexity index is 556. The molecule has 2 heterocycles. The van der Waals surface area contributed by atoms with E-state index in [1.807, 2.05) is 6.07 Å². The van der Waals surface area contributed by atoms with Crippen molar-refractivity contribution in [3.05, 3.63) is 22.7 Å². The van der Waals surface area contributed by atoms with Crippen LogP contribution >= 0.6 is 11.6 Å². The average Bonchev–Trinajstić information content (AvgIpc) is 2.75. The molecule has 0 bridgehead atoms. The lowest BCUT2D eigenvalue weighted by molar-refractivity contribution is -0.123. The van der Waals surface area contributed by atoms with Crippen LogP contribution in [-0.4, -0.2) is 37.8 Å². The Labute approximate surface area is 128 Å². The van der Waals surface area contributed by atoms with Crippen LogP contribution in [0.3, 0.4) is 0 Å². The quantitative estimate of drug-likeness (QED) is 0.898. The Morgan fingerprint density at radius 3 is 2.81 bits per heavy atom. The van der Waals surface area contributed by atoms with Gasteiger partial charge in [-0.05, 0) is 30.9 Å². The largest absolute Gasteiger partial charge is 0.384 e. The molecule has 1 fully saturated rings. The molecule has 0 spiro atoms. The van der Waals surface area contributed by atoms with Gasteiger partial charge in [-0.25, -0.2) is 0 Å². The summed E-state index contributed by atoms with van der Waals surface area (Å²) in [5.41, 5.74) is 2.13. The number of benzene rings is 1. The zero-order valence-corrected chi connectivity index (χ0v) is 12.7. The van der Waals surface area contributed by atoms with Crippen molar-refractivity contribution in [1.29, 1.82) is 0 Å². The van der Waals surface area contributed by atoms with Crippen LogP contribution in [0.25, 0.3) is 0 Å². The summed E-state index contributed by atoms with van der Waals surface area (Å²) >= 11 is 6.34. The predicted molar refractivity (Wildman–Crippen MR) is 81.9 cm³/mol. The molecular weight excluding hydrogens is 292 g/mol. The summed E-state index contributed by atoms with van der Waals surface area (Å²) in [5.74, 6) is 0.206. The lowest BCUT2D eigenvalue weighted by atomic mass is 9.97. The number of aliphatic hydroxyl groups excluding tert-OH is 1. The molecule has 21 heavy (non-hydrogen) atoms. The minimum Gasteiger partial charge on any atom is -0.384 e. The Morgan fingerprint density at radius 2 is 2.14 bits per heavy atom. The monoisotopic (exact) mass is 310 g/mol. The van der Waals surface area contributed by atoms with Gasteiger partial charge in [-0.1, -0.05) is 11.6 Å². The second-order valence-electron chi connectivity index (χ2n) is 5.67. The third-order valence-corrected chi connectivity index (χ3v) is 4.58. The van der Waals surface area contributed by atoms with Gasteiger partial charge in [-0.2, -0.15) is 0 Å². The number of hydrogen-bond donors (Lipinski definition) is 2. The number of anilines is 2. The molecule has 1 aromatic rings. The number of ether oxygens (including phenoxy) is 1. The Morgan fingerprint density at radius 1 is 1.43 bits per heavy atom. The second-order valence-corrected chi connectivity index (χ2v) is 6.08. The lowest BCUT2D eigenvalue weighted by Gasteiger charge is -2.34. The highest BCUT2D eigenvalue weighted by molar-refractivity contribution is 6.33. The normalized spacial score (nSPS) is 22.3. The van der Waals surface area contributed by atoms with Crippen molar-refractivity contribution in [2.24, 2.45) is 5.92 Å². The number of nitrogens with zero attached hydrogens (tertiary/aromatic N) is 1. The first kappa shape index (κ1) is 14.6. The van der Waals surface area contributed by atoms with E-state index in [1.54, 1.807) is 13.2 Å². The number of methoxy groups -OCH3 is 1. The number of rotatable bonds is 3. The second kappa shape index (κ2) is 5.83. The molecule has 1 atom stereocenters. The minimum absolute atomic E-state index is 0.392. The van der Waals surface area contributed by atoms with Crippen LogP contribution in [-0.2, 0) is 9.53 Å². The molecule has 1 amide bonds. The van der Waals surface area contributed by atoms with Gasteiger partial charge in [0, 0.05) is 38.1 Å². The number of hydrogen-bond acceptors (Lipinski definition) is 4. The highest BCUT2D eigenvalue weighted by Gasteiger charge is 2.31. The smallest absolute Gasteiger partial charge is 0.257 e. The van der Waals surface area contributed by atoms with Crippen LogP contribution in [0.5, 0.6) is 0 Å². The topological polar surface area (TPSA) is 61.8 Å². The number of carbonyl (C=O) groups is 1. The van der Waals surface area contributed by atoms with E-state index >= 15 is 0 Å². The van der Waals surface area contributed by atoms with Gasteiger partial charge in [0.15, 0.2) is 6.10 Å². The Balaban J connectivity index is 1.78. The van der Waals surface area contributed by atoms with Gasteiger partial charge in [0.25, 0.3) is 5.91 Å². The highest BCUT2D eigenvalue weighted by atomic mass is 35.5. The Hall–Kier alpha value is -1.30. The molecule has 0 radical (unpaired) electrons. The van der Waals surface area contributed by atoms with Gasteiger partial charge in [-0.15, -0.1) is 0 Å². The van der Waals surface area contributed by atoms with E-state index in [1.165, 1.54) is 0 Å². The summed E-state index contributed by atoms with van der Waals surface area (Å²) in [6.07, 6.45) is 1.02. The van der Waals surface area contributed by atoms with Gasteiger partial charge in [0.1, 0.15) is 0 Å². The van der Waals surface area contributed by atoms with Crippen LogP contribution < -0.4 is 10.2 Å². The van der Waals surface area contributed by atoms with Crippen LogP contribution in [0.2, 0.25) is 5.02 Å². The average molecular weight is 311 g/mol. The van der Waals surface area contributed by atoms with E-state index < -0.39 is 12.0 Å². The first-order chi connectivity index (χ1) is 10.1. The van der Waals surface area contributed by atoms with Crippen LogP contribution in [0.1, 0.15) is 24.5 Å². The minimum atomic E-state index is -1.11. The molecular formula is C15H19ClN2O3. The molecule has 2 aliphatic rings. The van der Waals surface area contributed by atoms with Crippen LogP contribution in [0.4, 0.5) is 11.4 Å². The van der Waals surface area contributed by atoms with Gasteiger partial charge < -0.3 is 20.1 Å². The molecule has 5 nitrogen and oxygen atoms in total. The number of amides is 1. The third kappa shape index (κ3) is 2.73. The molecule has 6 heteroatoms. The number of fused-ring (bicyclic) bond motifs is 1. The van der Waals surface area contributed by atoms with E-state index in [0.29, 0.717) is 22.2 Å². The molecule has 0 aromatic heterocycles. The van der Waals surface area contributed by atoms with Gasteiger partial charge in [0.05, 0.1) is 10.7 Å². The fourth-order valence-electron chi connectivity index (χ4n) is 3.07. The predicted octanol–water partition coefficient (Wildman–Crippen LogP) is 2.19. The number of piperidine rings is 1. The third-order valence-electron chi connectivity index (χ3n) is 4.28. The number of aliphatic hydroxyl groups is 1. The highest BCUT2D eigenvalue weighted by Crippen LogP contribution is 2.39. The summed E-state index contributed by atoms with van der Waals surface area (Å²) in [7, 11) is 1.73. The summed E-state index contributed by atoms with van der Waals surface area (Å²) < 4.78 is 5.21. The van der Waals surface area contributed by atoms with Crippen molar-refractivity contribution < 1.29 is 14.6 Å². The van der Waals surface area contributed by atoms with Crippen molar-refractivity contribution in [1.82, 2.24) is 0 Å². The van der Waals surface area contributed by atoms with E-state index in [-0.39, 0.29) is 0 Å². The fraction of sp³-hybridized carbons (Fsp3) is 0.533. The van der Waals surface area contributed by atoms with Crippen molar-refractivity contribution in [3.63, 3.8) is 0 Å². The zero-order chi connectivity index (χ0) is 15.0. The molecule has 114 valence electrons. The first-order valence-electron chi connectivity index (χ1n) is 7.16. The van der Waals surface area contributed by atoms with Gasteiger partial charge in [0.2, 0.25) is 0 Å². The number of halogens is 1. The maximum absolute atomic E-state index is 11.5. The SMILES string of the molecule is COCC1CCN(c2cc3c(cc2Cl)C(O)C(=O)N3)CC1. The van der Waals surface area contributed by atoms with E-state index in [2.05, 4.69) is 10.2 Å². The molecule has 2 N–H and O–H groups in total. The maximum atomic E-state index is 11.5. The van der Waals surface area contributed by atoms with E-state index in [0.717, 1.165) is 38.2 Å². The molecule has 0 aliphatic carbocycles. The van der Waals surface area contributed by atoms with Crippen molar-refractivity contribution in [3.8, 4) is 0 Å². The Kier molecular flexibility index (Phi) is 4.06.